The number of hydrogen-bond donors (Lipinski definition) is 2. The van der Waals surface area contributed by atoms with Crippen molar-refractivity contribution in [2.45, 2.75) is 13.5 Å². The number of aromatic amines is 1. The number of carbonyl (C=O) groups excluding carboxylic acids is 2. The van der Waals surface area contributed by atoms with Gasteiger partial charge in [-0.05, 0) is 24.6 Å². The maximum Gasteiger partial charge on any atom is 0.340 e. The number of nitrogens with two attached hydrogens (primary N) is 1. The van der Waals surface area contributed by atoms with Crippen LogP contribution in [0.4, 0.5) is 11.5 Å². The van der Waals surface area contributed by atoms with E-state index >= 15 is 0 Å². The van der Waals surface area contributed by atoms with Crippen LogP contribution in [0.1, 0.15) is 22.8 Å². The minimum Gasteiger partial charge on any atom is -0.452 e. The van der Waals surface area contributed by atoms with Gasteiger partial charge in [-0.1, -0.05) is 54.1 Å². The van der Waals surface area contributed by atoms with Crippen molar-refractivity contribution in [3.63, 3.8) is 0 Å². The summed E-state index contributed by atoms with van der Waals surface area (Å²) in [6, 6.07) is 15.3. The van der Waals surface area contributed by atoms with Crippen molar-refractivity contribution in [3.05, 3.63) is 91.6 Å². The Morgan fingerprint density at radius 1 is 1.09 bits per heavy atom. The SMILES string of the molecule is CCN(C(=O)COC(=O)c1ccccc1Cl)c1c(N)n(Cc2ccccc2)c(=O)[nH]c1=O. The lowest BCUT2D eigenvalue weighted by atomic mass is 10.2. The second kappa shape index (κ2) is 9.97. The van der Waals surface area contributed by atoms with E-state index in [1.807, 2.05) is 6.07 Å². The van der Waals surface area contributed by atoms with Crippen LogP contribution >= 0.6 is 11.6 Å². The molecule has 3 N–H and O–H groups in total. The molecule has 1 heterocycles. The van der Waals surface area contributed by atoms with E-state index in [-0.39, 0.29) is 35.2 Å². The molecule has 1 aromatic heterocycles. The predicted molar refractivity (Wildman–Crippen MR) is 121 cm³/mol. The van der Waals surface area contributed by atoms with Crippen LogP contribution < -0.4 is 21.9 Å². The Morgan fingerprint density at radius 3 is 2.41 bits per heavy atom. The Kier molecular flexibility index (Phi) is 7.11. The number of H-pyrrole nitrogens is 1. The number of nitrogens with one attached hydrogen (secondary N) is 1. The third-order valence-electron chi connectivity index (χ3n) is 4.71. The Balaban J connectivity index is 1.86. The van der Waals surface area contributed by atoms with Crippen molar-refractivity contribution in [2.75, 3.05) is 23.8 Å². The number of esters is 1. The van der Waals surface area contributed by atoms with Crippen LogP contribution in [0.3, 0.4) is 0 Å². The van der Waals surface area contributed by atoms with Gasteiger partial charge in [0.2, 0.25) is 0 Å². The van der Waals surface area contributed by atoms with Crippen LogP contribution in [0.15, 0.2) is 64.2 Å². The molecule has 0 fully saturated rings. The minimum atomic E-state index is -0.815. The molecule has 0 bridgehead atoms. The molecular weight excluding hydrogens is 436 g/mol. The lowest BCUT2D eigenvalue weighted by molar-refractivity contribution is -0.121. The van der Waals surface area contributed by atoms with Crippen molar-refractivity contribution in [1.82, 2.24) is 9.55 Å². The molecule has 3 aromatic rings. The summed E-state index contributed by atoms with van der Waals surface area (Å²) in [6.45, 7) is 1.13. The van der Waals surface area contributed by atoms with Gasteiger partial charge in [0.15, 0.2) is 12.3 Å². The summed E-state index contributed by atoms with van der Waals surface area (Å²) in [7, 11) is 0. The first-order chi connectivity index (χ1) is 15.3. The number of hydrogen-bond acceptors (Lipinski definition) is 6. The molecule has 9 nitrogen and oxygen atoms in total. The second-order valence-corrected chi connectivity index (χ2v) is 7.17. The third kappa shape index (κ3) is 4.89. The number of carbonyl (C=O) groups is 2. The molecule has 0 aliphatic rings. The molecule has 0 unspecified atom stereocenters. The molecule has 0 saturated carbocycles. The largest absolute Gasteiger partial charge is 0.452 e. The molecule has 2 aromatic carbocycles. The zero-order valence-electron chi connectivity index (χ0n) is 17.2. The fraction of sp³-hybridized carbons (Fsp3) is 0.182. The molecule has 0 saturated heterocycles. The van der Waals surface area contributed by atoms with Gasteiger partial charge in [0.1, 0.15) is 5.82 Å². The third-order valence-corrected chi connectivity index (χ3v) is 5.03. The monoisotopic (exact) mass is 456 g/mol. The number of aromatic nitrogens is 2. The summed E-state index contributed by atoms with van der Waals surface area (Å²) in [4.78, 5) is 53.1. The second-order valence-electron chi connectivity index (χ2n) is 6.76. The average molecular weight is 457 g/mol. The van der Waals surface area contributed by atoms with Crippen LogP contribution in [-0.4, -0.2) is 34.6 Å². The predicted octanol–water partition coefficient (Wildman–Crippen LogP) is 2.03. The lowest BCUT2D eigenvalue weighted by Crippen LogP contribution is -2.42. The summed E-state index contributed by atoms with van der Waals surface area (Å²) in [6.07, 6.45) is 0. The van der Waals surface area contributed by atoms with Crippen LogP contribution in [0.2, 0.25) is 5.02 Å². The molecule has 166 valence electrons. The number of benzene rings is 2. The fourth-order valence-electron chi connectivity index (χ4n) is 3.13. The molecule has 1 amide bonds. The van der Waals surface area contributed by atoms with Crippen LogP contribution in [-0.2, 0) is 16.1 Å². The van der Waals surface area contributed by atoms with Gasteiger partial charge in [-0.3, -0.25) is 19.1 Å². The van der Waals surface area contributed by atoms with Gasteiger partial charge in [-0.2, -0.15) is 0 Å². The first kappa shape index (κ1) is 22.8. The Morgan fingerprint density at radius 2 is 1.75 bits per heavy atom. The number of halogens is 1. The molecular formula is C22H21ClN4O5. The van der Waals surface area contributed by atoms with Gasteiger partial charge in [0.25, 0.3) is 11.5 Å². The smallest absolute Gasteiger partial charge is 0.340 e. The summed E-state index contributed by atoms with van der Waals surface area (Å²) >= 11 is 5.97. The molecule has 3 rings (SSSR count). The number of nitrogens with zero attached hydrogens (tertiary/aromatic N) is 2. The Labute approximate surface area is 188 Å². The maximum absolute atomic E-state index is 12.8. The summed E-state index contributed by atoms with van der Waals surface area (Å²) in [5.74, 6) is -1.64. The fourth-order valence-corrected chi connectivity index (χ4v) is 3.34. The zero-order chi connectivity index (χ0) is 23.3. The molecule has 10 heteroatoms. The minimum absolute atomic E-state index is 0.0549. The van der Waals surface area contributed by atoms with Gasteiger partial charge >= 0.3 is 11.7 Å². The first-order valence-electron chi connectivity index (χ1n) is 9.72. The molecule has 0 aliphatic carbocycles. The number of ether oxygens (including phenoxy) is 1. The summed E-state index contributed by atoms with van der Waals surface area (Å²) < 4.78 is 6.23. The molecule has 32 heavy (non-hydrogen) atoms. The van der Waals surface area contributed by atoms with Crippen LogP contribution in [0, 0.1) is 0 Å². The van der Waals surface area contributed by atoms with E-state index in [0.717, 1.165) is 15.0 Å². The van der Waals surface area contributed by atoms with E-state index in [2.05, 4.69) is 4.98 Å². The van der Waals surface area contributed by atoms with Crippen molar-refractivity contribution < 1.29 is 14.3 Å². The first-order valence-corrected chi connectivity index (χ1v) is 10.1. The highest BCUT2D eigenvalue weighted by molar-refractivity contribution is 6.33. The van der Waals surface area contributed by atoms with E-state index in [1.165, 1.54) is 12.1 Å². The van der Waals surface area contributed by atoms with E-state index in [4.69, 9.17) is 22.1 Å². The standard InChI is InChI=1S/C22H21ClN4O5/c1-2-26(17(28)13-32-21(30)15-10-6-7-11-16(15)23)18-19(24)27(22(31)25-20(18)29)12-14-8-4-3-5-9-14/h3-11H,2,12-13,24H2,1H3,(H,25,29,31). The van der Waals surface area contributed by atoms with Gasteiger partial charge in [-0.25, -0.2) is 9.59 Å². The van der Waals surface area contributed by atoms with Gasteiger partial charge in [0.05, 0.1) is 17.1 Å². The van der Waals surface area contributed by atoms with E-state index in [0.29, 0.717) is 0 Å². The summed E-state index contributed by atoms with van der Waals surface area (Å²) in [5, 5.41) is 0.186. The molecule has 0 atom stereocenters. The molecule has 0 spiro atoms. The Bertz CT molecular complexity index is 1250. The average Bonchev–Trinajstić information content (AvgIpc) is 2.78. The van der Waals surface area contributed by atoms with E-state index in [1.54, 1.807) is 43.3 Å². The van der Waals surface area contributed by atoms with Gasteiger partial charge in [-0.15, -0.1) is 0 Å². The highest BCUT2D eigenvalue weighted by Crippen LogP contribution is 2.19. The van der Waals surface area contributed by atoms with Crippen molar-refractivity contribution in [1.29, 1.82) is 0 Å². The van der Waals surface area contributed by atoms with E-state index in [9.17, 15) is 19.2 Å². The topological polar surface area (TPSA) is 127 Å². The van der Waals surface area contributed by atoms with Gasteiger partial charge < -0.3 is 15.4 Å². The molecule has 0 aliphatic heterocycles. The number of likely N-dealkylation sites (N-methyl/N-ethyl adjacent to an activating group) is 1. The summed E-state index contributed by atoms with van der Waals surface area (Å²) in [5.41, 5.74) is 5.32. The van der Waals surface area contributed by atoms with Crippen LogP contribution in [0.5, 0.6) is 0 Å². The Hall–Kier alpha value is -3.85. The zero-order valence-corrected chi connectivity index (χ0v) is 18.0. The molecule has 0 radical (unpaired) electrons. The highest BCUT2D eigenvalue weighted by atomic mass is 35.5. The van der Waals surface area contributed by atoms with Crippen molar-refractivity contribution in [3.8, 4) is 0 Å². The normalized spacial score (nSPS) is 10.6. The number of amides is 1. The van der Waals surface area contributed by atoms with Crippen LogP contribution in [0.25, 0.3) is 0 Å². The highest BCUT2D eigenvalue weighted by Gasteiger charge is 2.24. The van der Waals surface area contributed by atoms with E-state index < -0.39 is 29.7 Å². The maximum atomic E-state index is 12.8. The van der Waals surface area contributed by atoms with Crippen molar-refractivity contribution in [2.24, 2.45) is 0 Å². The van der Waals surface area contributed by atoms with Crippen molar-refractivity contribution >= 4 is 35.0 Å². The van der Waals surface area contributed by atoms with Gasteiger partial charge in [0, 0.05) is 6.54 Å². The number of rotatable bonds is 7. The number of nitrogen functional groups attached to an aromatic ring is 1. The quantitative estimate of drug-likeness (QED) is 0.523. The lowest BCUT2D eigenvalue weighted by Gasteiger charge is -2.23. The number of anilines is 2.